The number of hydrogen-bond acceptors (Lipinski definition) is 0. The summed E-state index contributed by atoms with van der Waals surface area (Å²) in [5.74, 6) is 3.22. The molecule has 0 bridgehead atoms. The van der Waals surface area contributed by atoms with Crippen molar-refractivity contribution in [2.75, 3.05) is 20.6 Å². The van der Waals surface area contributed by atoms with Crippen molar-refractivity contribution in [1.82, 2.24) is 0 Å². The average molecular weight is 345 g/mol. The molecule has 0 saturated heterocycles. The lowest BCUT2D eigenvalue weighted by molar-refractivity contribution is -0.816. The maximum atomic E-state index is 6.41. The summed E-state index contributed by atoms with van der Waals surface area (Å²) in [6.45, 7) is 0.567. The maximum absolute atomic E-state index is 6.41. The molecule has 0 aliphatic heterocycles. The molecule has 0 spiro atoms. The maximum Gasteiger partial charge on any atom is 0.137 e. The first-order valence-electron chi connectivity index (χ1n) is 7.44. The molecule has 0 aliphatic carbocycles. The van der Waals surface area contributed by atoms with Crippen molar-refractivity contribution >= 4 is 28.2 Å². The summed E-state index contributed by atoms with van der Waals surface area (Å²) in [4.78, 5) is 0. The highest BCUT2D eigenvalue weighted by atomic mass is 35.5. The number of quaternary nitrogens is 1. The molecule has 3 heteroatoms. The summed E-state index contributed by atoms with van der Waals surface area (Å²) in [6.07, 6.45) is 0.732. The number of hydrogen-bond donors (Lipinski definition) is 0. The molecule has 1 nitrogen and oxygen atoms in total. The van der Waals surface area contributed by atoms with Crippen LogP contribution in [0.25, 0.3) is 5.03 Å². The standard InChI is InChI=1S/C20H20Cl2N/c1-23(2,15-9-12-17-10-5-3-6-11-17)16-19(21)20(22)18-13-7-4-8-14-18/h3-8,10-11,13-14H,12,16H2,1-2H3/q+1/b20-19+. The quantitative estimate of drug-likeness (QED) is 0.533. The summed E-state index contributed by atoms with van der Waals surface area (Å²) >= 11 is 12.8. The number of halogens is 2. The third kappa shape index (κ3) is 5.77. The molecule has 0 aromatic heterocycles. The fraction of sp³-hybridized carbons (Fsp3) is 0.200. The molecule has 0 unspecified atom stereocenters. The normalized spacial score (nSPS) is 12.2. The van der Waals surface area contributed by atoms with Gasteiger partial charge in [-0.25, -0.2) is 4.48 Å². The van der Waals surface area contributed by atoms with Crippen LogP contribution in [0.4, 0.5) is 0 Å². The molecular weight excluding hydrogens is 325 g/mol. The fourth-order valence-electron chi connectivity index (χ4n) is 2.15. The van der Waals surface area contributed by atoms with Crippen molar-refractivity contribution in [2.45, 2.75) is 6.42 Å². The van der Waals surface area contributed by atoms with Crippen LogP contribution < -0.4 is 0 Å². The highest BCUT2D eigenvalue weighted by Gasteiger charge is 2.17. The van der Waals surface area contributed by atoms with Crippen LogP contribution in [0.5, 0.6) is 0 Å². The first-order valence-corrected chi connectivity index (χ1v) is 8.20. The molecule has 0 atom stereocenters. The minimum Gasteiger partial charge on any atom is -0.247 e. The molecule has 2 aromatic rings. The Kier molecular flexibility index (Phi) is 6.30. The van der Waals surface area contributed by atoms with Crippen LogP contribution in [0.15, 0.2) is 65.7 Å². The smallest absolute Gasteiger partial charge is 0.137 e. The summed E-state index contributed by atoms with van der Waals surface area (Å²) in [5, 5.41) is 1.21. The van der Waals surface area contributed by atoms with Crippen LogP contribution in [0.1, 0.15) is 11.1 Å². The SMILES string of the molecule is C[N+](C)(C#CCc1ccccc1)C/C(Cl)=C(\Cl)c1ccccc1. The van der Waals surface area contributed by atoms with E-state index < -0.39 is 0 Å². The molecule has 0 radical (unpaired) electrons. The Labute approximate surface area is 148 Å². The van der Waals surface area contributed by atoms with Crippen molar-refractivity contribution < 1.29 is 4.48 Å². The zero-order valence-corrected chi connectivity index (χ0v) is 14.9. The van der Waals surface area contributed by atoms with Gasteiger partial charge in [-0.15, -0.1) is 0 Å². The zero-order valence-electron chi connectivity index (χ0n) is 13.4. The Bertz CT molecular complexity index is 722. The van der Waals surface area contributed by atoms with E-state index in [1.165, 1.54) is 5.56 Å². The second kappa shape index (κ2) is 8.22. The van der Waals surface area contributed by atoms with Gasteiger partial charge < -0.3 is 0 Å². The first-order chi connectivity index (χ1) is 11.0. The Morgan fingerprint density at radius 1 is 0.913 bits per heavy atom. The molecule has 0 amide bonds. The van der Waals surface area contributed by atoms with Gasteiger partial charge in [0.1, 0.15) is 12.6 Å². The second-order valence-electron chi connectivity index (χ2n) is 5.88. The summed E-state index contributed by atoms with van der Waals surface area (Å²) in [6, 6.07) is 23.2. The molecule has 0 heterocycles. The van der Waals surface area contributed by atoms with E-state index in [1.54, 1.807) is 0 Å². The van der Waals surface area contributed by atoms with Gasteiger partial charge in [0.05, 0.1) is 24.2 Å². The van der Waals surface area contributed by atoms with E-state index in [9.17, 15) is 0 Å². The lowest BCUT2D eigenvalue weighted by Crippen LogP contribution is -2.35. The van der Waals surface area contributed by atoms with E-state index in [4.69, 9.17) is 23.2 Å². The molecule has 0 fully saturated rings. The van der Waals surface area contributed by atoms with Crippen molar-refractivity contribution in [1.29, 1.82) is 0 Å². The Hall–Kier alpha value is -1.72. The van der Waals surface area contributed by atoms with Crippen molar-refractivity contribution in [3.63, 3.8) is 0 Å². The number of nitrogens with zero attached hydrogens (tertiary/aromatic N) is 1. The first kappa shape index (κ1) is 17.6. The van der Waals surface area contributed by atoms with Gasteiger partial charge >= 0.3 is 0 Å². The summed E-state index contributed by atoms with van der Waals surface area (Å²) in [5.41, 5.74) is 2.14. The third-order valence-electron chi connectivity index (χ3n) is 3.32. The van der Waals surface area contributed by atoms with Crippen LogP contribution in [0, 0.1) is 12.0 Å². The molecule has 23 heavy (non-hydrogen) atoms. The topological polar surface area (TPSA) is 0 Å². The van der Waals surface area contributed by atoms with Crippen LogP contribution in [0.2, 0.25) is 0 Å². The number of rotatable bonds is 4. The minimum absolute atomic E-state index is 0.467. The fourth-order valence-corrected chi connectivity index (χ4v) is 2.74. The largest absolute Gasteiger partial charge is 0.247 e. The predicted molar refractivity (Wildman–Crippen MR) is 100.0 cm³/mol. The molecule has 2 rings (SSSR count). The lowest BCUT2D eigenvalue weighted by atomic mass is 10.2. The van der Waals surface area contributed by atoms with E-state index in [0.717, 1.165) is 12.0 Å². The van der Waals surface area contributed by atoms with Crippen molar-refractivity contribution in [3.8, 4) is 12.0 Å². The molecular formula is C20H20Cl2N+. The highest BCUT2D eigenvalue weighted by molar-refractivity contribution is 6.54. The average Bonchev–Trinajstić information content (AvgIpc) is 2.55. The Morgan fingerprint density at radius 3 is 2.09 bits per heavy atom. The molecule has 0 aliphatic rings. The van der Waals surface area contributed by atoms with Gasteiger partial charge in [0.2, 0.25) is 0 Å². The van der Waals surface area contributed by atoms with Gasteiger partial charge in [-0.3, -0.25) is 0 Å². The summed E-state index contributed by atoms with van der Waals surface area (Å²) in [7, 11) is 4.05. The molecule has 0 N–H and O–H groups in total. The number of likely N-dealkylation sites (N-methyl/N-ethyl adjacent to an activating group) is 1. The lowest BCUT2D eigenvalue weighted by Gasteiger charge is -2.21. The van der Waals surface area contributed by atoms with Crippen LogP contribution in [-0.4, -0.2) is 25.1 Å². The van der Waals surface area contributed by atoms with E-state index >= 15 is 0 Å². The van der Waals surface area contributed by atoms with E-state index in [1.807, 2.05) is 62.6 Å². The highest BCUT2D eigenvalue weighted by Crippen LogP contribution is 2.26. The Morgan fingerprint density at radius 2 is 1.48 bits per heavy atom. The van der Waals surface area contributed by atoms with Gasteiger partial charge in [-0.2, -0.15) is 0 Å². The van der Waals surface area contributed by atoms with Gasteiger partial charge in [-0.05, 0) is 17.0 Å². The van der Waals surface area contributed by atoms with Crippen LogP contribution in [-0.2, 0) is 6.42 Å². The van der Waals surface area contributed by atoms with Gasteiger partial charge in [0, 0.05) is 6.42 Å². The van der Waals surface area contributed by atoms with Gasteiger partial charge in [-0.1, -0.05) is 83.9 Å². The van der Waals surface area contributed by atoms with Gasteiger partial charge in [0.15, 0.2) is 0 Å². The van der Waals surface area contributed by atoms with Crippen molar-refractivity contribution in [2.24, 2.45) is 0 Å². The summed E-state index contributed by atoms with van der Waals surface area (Å²) < 4.78 is 0.467. The monoisotopic (exact) mass is 344 g/mol. The van der Waals surface area contributed by atoms with E-state index in [0.29, 0.717) is 21.1 Å². The van der Waals surface area contributed by atoms with E-state index in [-0.39, 0.29) is 0 Å². The van der Waals surface area contributed by atoms with Gasteiger partial charge in [0.25, 0.3) is 0 Å². The van der Waals surface area contributed by atoms with E-state index in [2.05, 4.69) is 24.1 Å². The predicted octanol–water partition coefficient (Wildman–Crippen LogP) is 5.11. The number of benzene rings is 2. The molecule has 0 saturated carbocycles. The van der Waals surface area contributed by atoms with Crippen LogP contribution >= 0.6 is 23.2 Å². The molecule has 118 valence electrons. The van der Waals surface area contributed by atoms with Crippen LogP contribution in [0.3, 0.4) is 0 Å². The molecule has 2 aromatic carbocycles. The minimum atomic E-state index is 0.467. The third-order valence-corrected chi connectivity index (χ3v) is 4.17. The second-order valence-corrected chi connectivity index (χ2v) is 6.71. The Balaban J connectivity index is 2.06. The van der Waals surface area contributed by atoms with Crippen molar-refractivity contribution in [3.05, 3.63) is 76.8 Å². The zero-order chi connectivity index (χ0) is 16.7.